The van der Waals surface area contributed by atoms with Crippen LogP contribution in [0.25, 0.3) is 17.2 Å². The van der Waals surface area contributed by atoms with Gasteiger partial charge in [0.1, 0.15) is 0 Å². The zero-order valence-corrected chi connectivity index (χ0v) is 14.9. The van der Waals surface area contributed by atoms with Crippen molar-refractivity contribution in [2.24, 2.45) is 4.40 Å². The number of benzene rings is 3. The molecule has 1 aliphatic rings. The van der Waals surface area contributed by atoms with Crippen LogP contribution in [0.4, 0.5) is 0 Å². The molecule has 3 aromatic carbocycles. The van der Waals surface area contributed by atoms with E-state index in [2.05, 4.69) is 21.3 Å². The van der Waals surface area contributed by atoms with Gasteiger partial charge in [0, 0.05) is 17.3 Å². The van der Waals surface area contributed by atoms with Crippen molar-refractivity contribution in [3.05, 3.63) is 101 Å². The Morgan fingerprint density at radius 1 is 0.769 bits per heavy atom. The highest BCUT2D eigenvalue weighted by Gasteiger charge is 2.10. The van der Waals surface area contributed by atoms with Gasteiger partial charge in [-0.05, 0) is 40.3 Å². The van der Waals surface area contributed by atoms with Crippen molar-refractivity contribution < 1.29 is 4.79 Å². The van der Waals surface area contributed by atoms with Crippen LogP contribution in [0.3, 0.4) is 0 Å². The summed E-state index contributed by atoms with van der Waals surface area (Å²) in [5, 5.41) is 1.97. The molecule has 0 spiro atoms. The third-order valence-corrected chi connectivity index (χ3v) is 5.41. The minimum Gasteiger partial charge on any atom is -0.296 e. The number of hydrogen-bond donors (Lipinski definition) is 2. The van der Waals surface area contributed by atoms with Crippen LogP contribution in [0, 0.1) is 0 Å². The number of fused-ring (bicyclic) bond motifs is 1. The molecule has 1 unspecified atom stereocenters. The van der Waals surface area contributed by atoms with Gasteiger partial charge < -0.3 is 0 Å². The molecule has 26 heavy (non-hydrogen) atoms. The van der Waals surface area contributed by atoms with E-state index in [1.54, 1.807) is 0 Å². The summed E-state index contributed by atoms with van der Waals surface area (Å²) in [6.45, 7) is 0. The fourth-order valence-electron chi connectivity index (χ4n) is 2.77. The molecule has 3 nitrogen and oxygen atoms in total. The first-order valence-electron chi connectivity index (χ1n) is 8.36. The Morgan fingerprint density at radius 3 is 2.19 bits per heavy atom. The minimum absolute atomic E-state index is 0.108. The summed E-state index contributed by atoms with van der Waals surface area (Å²) in [5.74, 6) is -0.108. The van der Waals surface area contributed by atoms with Gasteiger partial charge in [-0.25, -0.2) is 4.40 Å². The van der Waals surface area contributed by atoms with Crippen LogP contribution in [0.2, 0.25) is 0 Å². The van der Waals surface area contributed by atoms with Crippen LogP contribution in [-0.4, -0.2) is 12.1 Å². The maximum atomic E-state index is 12.5. The van der Waals surface area contributed by atoms with Gasteiger partial charge in [0.25, 0.3) is 5.91 Å². The second-order valence-corrected chi connectivity index (χ2v) is 7.36. The number of thiol groups is 1. The normalized spacial score (nSPS) is 16.5. The molecule has 128 valence electrons. The molecule has 1 aliphatic heterocycles. The van der Waals surface area contributed by atoms with Crippen LogP contribution in [0.5, 0.6) is 0 Å². The van der Waals surface area contributed by atoms with Gasteiger partial charge >= 0.3 is 0 Å². The van der Waals surface area contributed by atoms with Gasteiger partial charge in [0.2, 0.25) is 0 Å². The molecular formula is C22H18N2OS. The molecule has 0 saturated heterocycles. The first-order valence-corrected chi connectivity index (χ1v) is 9.73. The van der Waals surface area contributed by atoms with Gasteiger partial charge in [-0.15, -0.1) is 0 Å². The molecular weight excluding hydrogens is 340 g/mol. The SMILES string of the molecule is O=C(N[SH]1C=Cc2ccccc2C=N1)c1ccc(-c2ccccc2)cc1. The monoisotopic (exact) mass is 358 g/mol. The summed E-state index contributed by atoms with van der Waals surface area (Å²) in [4.78, 5) is 12.5. The molecule has 1 N–H and O–H groups in total. The summed E-state index contributed by atoms with van der Waals surface area (Å²) in [7, 11) is 0. The smallest absolute Gasteiger partial charge is 0.261 e. The van der Waals surface area contributed by atoms with Crippen LogP contribution >= 0.6 is 11.3 Å². The van der Waals surface area contributed by atoms with E-state index in [4.69, 9.17) is 0 Å². The van der Waals surface area contributed by atoms with Gasteiger partial charge in [-0.3, -0.25) is 9.52 Å². The molecule has 0 aliphatic carbocycles. The number of hydrogen-bond acceptors (Lipinski definition) is 2. The van der Waals surface area contributed by atoms with Crippen molar-refractivity contribution in [1.29, 1.82) is 0 Å². The number of carbonyl (C=O) groups is 1. The van der Waals surface area contributed by atoms with E-state index >= 15 is 0 Å². The molecule has 0 saturated carbocycles. The fourth-order valence-corrected chi connectivity index (χ4v) is 3.87. The van der Waals surface area contributed by atoms with Crippen molar-refractivity contribution in [3.63, 3.8) is 0 Å². The molecule has 4 rings (SSSR count). The van der Waals surface area contributed by atoms with Gasteiger partial charge in [0.05, 0.1) is 0 Å². The zero-order chi connectivity index (χ0) is 17.8. The number of carbonyl (C=O) groups excluding carboxylic acids is 1. The minimum atomic E-state index is -1.07. The second kappa shape index (κ2) is 7.42. The Morgan fingerprint density at radius 2 is 1.42 bits per heavy atom. The average molecular weight is 358 g/mol. The van der Waals surface area contributed by atoms with E-state index in [0.29, 0.717) is 5.56 Å². The first-order chi connectivity index (χ1) is 12.8. The van der Waals surface area contributed by atoms with Crippen LogP contribution in [-0.2, 0) is 0 Å². The van der Waals surface area contributed by atoms with Crippen molar-refractivity contribution in [1.82, 2.24) is 4.72 Å². The zero-order valence-electron chi connectivity index (χ0n) is 14.0. The highest BCUT2D eigenvalue weighted by Crippen LogP contribution is 2.29. The maximum Gasteiger partial charge on any atom is 0.261 e. The summed E-state index contributed by atoms with van der Waals surface area (Å²) in [6, 6.07) is 25.8. The third kappa shape index (κ3) is 3.60. The molecule has 3 aromatic rings. The van der Waals surface area contributed by atoms with E-state index in [1.165, 1.54) is 0 Å². The van der Waals surface area contributed by atoms with Crippen LogP contribution in [0.1, 0.15) is 21.5 Å². The summed E-state index contributed by atoms with van der Waals surface area (Å²) in [6.07, 6.45) is 3.85. The molecule has 4 heteroatoms. The van der Waals surface area contributed by atoms with E-state index in [-0.39, 0.29) is 5.91 Å². The Bertz CT molecular complexity index is 946. The molecule has 0 aromatic heterocycles. The summed E-state index contributed by atoms with van der Waals surface area (Å²) >= 11 is -1.07. The number of nitrogens with one attached hydrogen (secondary N) is 1. The average Bonchev–Trinajstić information content (AvgIpc) is 2.91. The highest BCUT2D eigenvalue weighted by atomic mass is 32.2. The van der Waals surface area contributed by atoms with Gasteiger partial charge in [-0.2, -0.15) is 0 Å². The summed E-state index contributed by atoms with van der Waals surface area (Å²) in [5.41, 5.74) is 5.05. The van der Waals surface area contributed by atoms with Crippen molar-refractivity contribution in [2.75, 3.05) is 0 Å². The lowest BCUT2D eigenvalue weighted by molar-refractivity contribution is 0.0984. The highest BCUT2D eigenvalue weighted by molar-refractivity contribution is 8.17. The predicted octanol–water partition coefficient (Wildman–Crippen LogP) is 5.02. The van der Waals surface area contributed by atoms with E-state index in [1.807, 2.05) is 84.4 Å². The summed E-state index contributed by atoms with van der Waals surface area (Å²) < 4.78 is 7.53. The largest absolute Gasteiger partial charge is 0.296 e. The van der Waals surface area contributed by atoms with Crippen molar-refractivity contribution in [2.45, 2.75) is 0 Å². The Balaban J connectivity index is 1.47. The lowest BCUT2D eigenvalue weighted by atomic mass is 10.0. The molecule has 1 atom stereocenters. The number of nitrogens with zero attached hydrogens (tertiary/aromatic N) is 1. The lowest BCUT2D eigenvalue weighted by Gasteiger charge is -2.13. The van der Waals surface area contributed by atoms with Gasteiger partial charge in [-0.1, -0.05) is 78.0 Å². The van der Waals surface area contributed by atoms with E-state index in [9.17, 15) is 4.79 Å². The van der Waals surface area contributed by atoms with E-state index in [0.717, 1.165) is 22.3 Å². The molecule has 1 heterocycles. The number of amides is 1. The Labute approximate surface area is 155 Å². The maximum absolute atomic E-state index is 12.5. The predicted molar refractivity (Wildman–Crippen MR) is 111 cm³/mol. The van der Waals surface area contributed by atoms with Crippen LogP contribution in [0.15, 0.2) is 88.7 Å². The Hall–Kier alpha value is -3.11. The lowest BCUT2D eigenvalue weighted by Crippen LogP contribution is -2.18. The second-order valence-electron chi connectivity index (χ2n) is 5.92. The Kier molecular flexibility index (Phi) is 4.67. The molecule has 1 amide bonds. The molecule has 0 fully saturated rings. The van der Waals surface area contributed by atoms with Crippen molar-refractivity contribution in [3.8, 4) is 11.1 Å². The standard InChI is InChI=1S/C22H18N2OS/c25-22(20-12-10-19(11-13-20)17-6-2-1-3-7-17)24-26-15-14-18-8-4-5-9-21(18)16-23-26/h1-16,26H,(H,24,25). The fraction of sp³-hybridized carbons (Fsp3) is 0. The topological polar surface area (TPSA) is 41.5 Å². The van der Waals surface area contributed by atoms with Crippen molar-refractivity contribution >= 4 is 29.5 Å². The van der Waals surface area contributed by atoms with Crippen LogP contribution < -0.4 is 4.72 Å². The van der Waals surface area contributed by atoms with E-state index < -0.39 is 11.3 Å². The quantitative estimate of drug-likeness (QED) is 0.634. The number of rotatable bonds is 3. The third-order valence-electron chi connectivity index (χ3n) is 4.18. The molecule has 0 radical (unpaired) electrons. The first kappa shape index (κ1) is 16.4. The van der Waals surface area contributed by atoms with Gasteiger partial charge in [0.15, 0.2) is 0 Å². The molecule has 0 bridgehead atoms.